The molecule has 3 rings (SSSR count). The maximum absolute atomic E-state index is 12.5. The molecule has 2 aromatic carbocycles. The Labute approximate surface area is 165 Å². The van der Waals surface area contributed by atoms with E-state index in [1.54, 1.807) is 24.3 Å². The maximum Gasteiger partial charge on any atom is 0.293 e. The number of aromatic hydroxyl groups is 1. The van der Waals surface area contributed by atoms with E-state index in [-0.39, 0.29) is 23.4 Å². The van der Waals surface area contributed by atoms with Crippen LogP contribution in [-0.2, 0) is 11.3 Å². The van der Waals surface area contributed by atoms with Crippen molar-refractivity contribution in [3.63, 3.8) is 0 Å². The molecule has 1 N–H and O–H groups in total. The number of thioether (sulfide) groups is 1. The number of carbonyl (C=O) groups is 2. The average molecular weight is 516 g/mol. The standard InChI is InChI=1S/C17H11BrINO3S/c18-12-4-1-10(2-5-12)9-20-16(22)15(24-17(20)23)8-11-3-6-14(21)13(19)7-11/h1-8,21H,9H2/b15-8-. The van der Waals surface area contributed by atoms with E-state index in [9.17, 15) is 14.7 Å². The molecule has 0 aromatic heterocycles. The van der Waals surface area contributed by atoms with Gasteiger partial charge in [-0.25, -0.2) is 0 Å². The van der Waals surface area contributed by atoms with Gasteiger partial charge in [-0.1, -0.05) is 34.1 Å². The van der Waals surface area contributed by atoms with E-state index in [0.29, 0.717) is 8.48 Å². The van der Waals surface area contributed by atoms with Crippen molar-refractivity contribution in [2.75, 3.05) is 0 Å². The molecule has 0 spiro atoms. The first-order valence-corrected chi connectivity index (χ1v) is 9.61. The Bertz CT molecular complexity index is 851. The van der Waals surface area contributed by atoms with Gasteiger partial charge < -0.3 is 5.11 Å². The van der Waals surface area contributed by atoms with Gasteiger partial charge in [0, 0.05) is 4.47 Å². The molecule has 4 nitrogen and oxygen atoms in total. The first kappa shape index (κ1) is 17.5. The summed E-state index contributed by atoms with van der Waals surface area (Å²) < 4.78 is 1.64. The summed E-state index contributed by atoms with van der Waals surface area (Å²) >= 11 is 6.31. The molecule has 2 amide bonds. The maximum atomic E-state index is 12.5. The third kappa shape index (κ3) is 3.84. The molecule has 0 unspecified atom stereocenters. The summed E-state index contributed by atoms with van der Waals surface area (Å²) in [7, 11) is 0. The molecule has 24 heavy (non-hydrogen) atoms. The number of halogens is 2. The highest BCUT2D eigenvalue weighted by atomic mass is 127. The lowest BCUT2D eigenvalue weighted by Gasteiger charge is -2.12. The van der Waals surface area contributed by atoms with Crippen LogP contribution in [0.3, 0.4) is 0 Å². The molecule has 0 radical (unpaired) electrons. The Balaban J connectivity index is 1.81. The summed E-state index contributed by atoms with van der Waals surface area (Å²) in [5.41, 5.74) is 1.66. The van der Waals surface area contributed by atoms with Crippen molar-refractivity contribution in [3.8, 4) is 5.75 Å². The Kier molecular flexibility index (Phi) is 5.31. The normalized spacial score (nSPS) is 16.2. The van der Waals surface area contributed by atoms with Crippen LogP contribution in [0.25, 0.3) is 6.08 Å². The summed E-state index contributed by atoms with van der Waals surface area (Å²) in [6, 6.07) is 12.5. The number of benzene rings is 2. The molecule has 2 aromatic rings. The highest BCUT2D eigenvalue weighted by molar-refractivity contribution is 14.1. The second-order valence-electron chi connectivity index (χ2n) is 5.11. The van der Waals surface area contributed by atoms with Gasteiger partial charge in [0.2, 0.25) is 0 Å². The number of hydrogen-bond donors (Lipinski definition) is 1. The minimum atomic E-state index is -0.295. The Hall–Kier alpha value is -1.32. The van der Waals surface area contributed by atoms with Gasteiger partial charge in [-0.05, 0) is 75.8 Å². The Morgan fingerprint density at radius 2 is 1.88 bits per heavy atom. The Morgan fingerprint density at radius 3 is 2.54 bits per heavy atom. The van der Waals surface area contributed by atoms with E-state index >= 15 is 0 Å². The second kappa shape index (κ2) is 7.28. The van der Waals surface area contributed by atoms with Crippen molar-refractivity contribution in [1.29, 1.82) is 0 Å². The molecule has 1 saturated heterocycles. The van der Waals surface area contributed by atoms with Crippen molar-refractivity contribution in [2.24, 2.45) is 0 Å². The molecule has 1 heterocycles. The number of amides is 2. The van der Waals surface area contributed by atoms with Crippen LogP contribution in [0.1, 0.15) is 11.1 Å². The first-order valence-electron chi connectivity index (χ1n) is 6.92. The highest BCUT2D eigenvalue weighted by Crippen LogP contribution is 2.34. The van der Waals surface area contributed by atoms with Crippen molar-refractivity contribution < 1.29 is 14.7 Å². The van der Waals surface area contributed by atoms with Crippen LogP contribution in [0.4, 0.5) is 4.79 Å². The third-order valence-electron chi connectivity index (χ3n) is 3.40. The van der Waals surface area contributed by atoms with Gasteiger partial charge in [0.25, 0.3) is 11.1 Å². The van der Waals surface area contributed by atoms with E-state index in [1.807, 2.05) is 46.9 Å². The minimum absolute atomic E-state index is 0.191. The zero-order valence-corrected chi connectivity index (χ0v) is 16.8. The summed E-state index contributed by atoms with van der Waals surface area (Å²) in [4.78, 5) is 26.3. The van der Waals surface area contributed by atoms with E-state index < -0.39 is 0 Å². The summed E-state index contributed by atoms with van der Waals surface area (Å²) in [5.74, 6) is -0.105. The Morgan fingerprint density at radius 1 is 1.17 bits per heavy atom. The highest BCUT2D eigenvalue weighted by Gasteiger charge is 2.34. The minimum Gasteiger partial charge on any atom is -0.507 e. The third-order valence-corrected chi connectivity index (χ3v) is 5.70. The number of imide groups is 1. The summed E-state index contributed by atoms with van der Waals surface area (Å²) in [6.07, 6.45) is 1.67. The lowest BCUT2D eigenvalue weighted by atomic mass is 10.2. The van der Waals surface area contributed by atoms with Gasteiger partial charge >= 0.3 is 0 Å². The van der Waals surface area contributed by atoms with Crippen molar-refractivity contribution in [1.82, 2.24) is 4.90 Å². The topological polar surface area (TPSA) is 57.6 Å². The molecule has 0 bridgehead atoms. The van der Waals surface area contributed by atoms with Gasteiger partial charge in [-0.15, -0.1) is 0 Å². The smallest absolute Gasteiger partial charge is 0.293 e. The SMILES string of the molecule is O=C1S/C(=C\c2ccc(O)c(I)c2)C(=O)N1Cc1ccc(Br)cc1. The molecular weight excluding hydrogens is 505 g/mol. The molecule has 7 heteroatoms. The van der Waals surface area contributed by atoms with Crippen LogP contribution in [0, 0.1) is 3.57 Å². The van der Waals surface area contributed by atoms with Crippen LogP contribution in [0.5, 0.6) is 5.75 Å². The van der Waals surface area contributed by atoms with Crippen LogP contribution in [-0.4, -0.2) is 21.2 Å². The van der Waals surface area contributed by atoms with Crippen LogP contribution < -0.4 is 0 Å². The monoisotopic (exact) mass is 515 g/mol. The van der Waals surface area contributed by atoms with E-state index in [4.69, 9.17) is 0 Å². The number of hydrogen-bond acceptors (Lipinski definition) is 4. The van der Waals surface area contributed by atoms with Crippen LogP contribution in [0.15, 0.2) is 51.8 Å². The van der Waals surface area contributed by atoms with Crippen LogP contribution >= 0.6 is 50.3 Å². The second-order valence-corrected chi connectivity index (χ2v) is 8.18. The number of rotatable bonds is 3. The molecule has 1 fully saturated rings. The molecule has 122 valence electrons. The predicted molar refractivity (Wildman–Crippen MR) is 106 cm³/mol. The van der Waals surface area contributed by atoms with Crippen molar-refractivity contribution >= 4 is 67.5 Å². The van der Waals surface area contributed by atoms with Crippen molar-refractivity contribution in [2.45, 2.75) is 6.54 Å². The fraction of sp³-hybridized carbons (Fsp3) is 0.0588. The van der Waals surface area contributed by atoms with Crippen LogP contribution in [0.2, 0.25) is 0 Å². The van der Waals surface area contributed by atoms with E-state index in [1.165, 1.54) is 4.90 Å². The quantitative estimate of drug-likeness (QED) is 0.462. The molecule has 0 saturated carbocycles. The number of carbonyl (C=O) groups excluding carboxylic acids is 2. The lowest BCUT2D eigenvalue weighted by Crippen LogP contribution is -2.27. The van der Waals surface area contributed by atoms with Gasteiger partial charge in [0.1, 0.15) is 5.75 Å². The van der Waals surface area contributed by atoms with Crippen molar-refractivity contribution in [3.05, 3.63) is 66.5 Å². The molecule has 1 aliphatic rings. The van der Waals surface area contributed by atoms with Gasteiger partial charge in [0.15, 0.2) is 0 Å². The first-order chi connectivity index (χ1) is 11.4. The molecule has 1 aliphatic heterocycles. The number of phenolic OH excluding ortho intramolecular Hbond substituents is 1. The largest absolute Gasteiger partial charge is 0.507 e. The van der Waals surface area contributed by atoms with Gasteiger partial charge in [0.05, 0.1) is 15.0 Å². The van der Waals surface area contributed by atoms with E-state index in [0.717, 1.165) is 27.4 Å². The summed E-state index contributed by atoms with van der Waals surface area (Å²) in [6.45, 7) is 0.252. The fourth-order valence-corrected chi connectivity index (χ4v) is 3.81. The molecule has 0 atom stereocenters. The fourth-order valence-electron chi connectivity index (χ4n) is 2.17. The van der Waals surface area contributed by atoms with Gasteiger partial charge in [-0.2, -0.15) is 0 Å². The number of phenols is 1. The molecular formula is C17H11BrINO3S. The predicted octanol–water partition coefficient (Wildman–Crippen LogP) is 5.00. The number of nitrogens with zero attached hydrogens (tertiary/aromatic N) is 1. The van der Waals surface area contributed by atoms with Gasteiger partial charge in [-0.3, -0.25) is 14.5 Å². The van der Waals surface area contributed by atoms with E-state index in [2.05, 4.69) is 15.9 Å². The zero-order chi connectivity index (χ0) is 17.3. The zero-order valence-electron chi connectivity index (χ0n) is 12.2. The molecule has 0 aliphatic carbocycles. The average Bonchev–Trinajstić information content (AvgIpc) is 2.80. The lowest BCUT2D eigenvalue weighted by molar-refractivity contribution is -0.123. The summed E-state index contributed by atoms with van der Waals surface area (Å²) in [5, 5.41) is 9.28.